The van der Waals surface area contributed by atoms with Gasteiger partial charge in [0, 0.05) is 32.9 Å². The van der Waals surface area contributed by atoms with E-state index in [0.717, 1.165) is 50.5 Å². The first-order chi connectivity index (χ1) is 27.4. The molecule has 0 N–H and O–H groups in total. The van der Waals surface area contributed by atoms with Crippen LogP contribution in [0.25, 0.3) is 55.0 Å². The van der Waals surface area contributed by atoms with E-state index in [1.807, 2.05) is 48.5 Å². The Bertz CT molecular complexity index is 2870. The van der Waals surface area contributed by atoms with E-state index < -0.39 is 0 Å². The van der Waals surface area contributed by atoms with Gasteiger partial charge in [0.05, 0.1) is 62.4 Å². The van der Waals surface area contributed by atoms with Crippen LogP contribution in [-0.2, 0) is 0 Å². The number of aryl methyl sites for hydroxylation is 8. The third-order valence-corrected chi connectivity index (χ3v) is 12.2. The summed E-state index contributed by atoms with van der Waals surface area (Å²) in [5.41, 5.74) is 20.7. The van der Waals surface area contributed by atoms with Crippen LogP contribution in [0.4, 0.5) is 17.1 Å². The minimum atomic E-state index is 0.594. The molecule has 2 heterocycles. The first-order valence-electron chi connectivity index (χ1n) is 19.5. The first kappa shape index (κ1) is 35.6. The largest absolute Gasteiger partial charge is 0.310 e. The Morgan fingerprint density at radius 2 is 0.632 bits per heavy atom. The van der Waals surface area contributed by atoms with E-state index in [1.165, 1.54) is 66.1 Å². The Labute approximate surface area is 333 Å². The van der Waals surface area contributed by atoms with Gasteiger partial charge in [0.2, 0.25) is 0 Å². The monoisotopic (exact) mass is 737 g/mol. The van der Waals surface area contributed by atoms with Crippen LogP contribution in [-0.4, -0.2) is 9.13 Å². The maximum absolute atomic E-state index is 9.74. The molecule has 0 aliphatic carbocycles. The Kier molecular flexibility index (Phi) is 8.31. The van der Waals surface area contributed by atoms with Crippen LogP contribution in [0.2, 0.25) is 0 Å². The molecular formula is C52H43N5. The van der Waals surface area contributed by atoms with Crippen LogP contribution >= 0.6 is 0 Å². The predicted molar refractivity (Wildman–Crippen MR) is 237 cm³/mol. The molecule has 0 saturated heterocycles. The van der Waals surface area contributed by atoms with Crippen LogP contribution in [0.1, 0.15) is 55.6 Å². The van der Waals surface area contributed by atoms with Gasteiger partial charge in [-0.2, -0.15) is 10.5 Å². The Morgan fingerprint density at radius 3 is 0.912 bits per heavy atom. The lowest BCUT2D eigenvalue weighted by atomic mass is 10.0. The van der Waals surface area contributed by atoms with Gasteiger partial charge in [0.25, 0.3) is 0 Å². The molecule has 7 aromatic carbocycles. The Balaban J connectivity index is 1.45. The highest BCUT2D eigenvalue weighted by atomic mass is 15.1. The van der Waals surface area contributed by atoms with E-state index in [0.29, 0.717) is 11.1 Å². The lowest BCUT2D eigenvalue weighted by molar-refractivity contribution is 1.12. The third kappa shape index (κ3) is 5.74. The highest BCUT2D eigenvalue weighted by Crippen LogP contribution is 2.43. The lowest BCUT2D eigenvalue weighted by Crippen LogP contribution is -2.12. The zero-order valence-electron chi connectivity index (χ0n) is 33.7. The predicted octanol–water partition coefficient (Wildman–Crippen LogP) is 13.6. The van der Waals surface area contributed by atoms with E-state index in [-0.39, 0.29) is 0 Å². The normalized spacial score (nSPS) is 11.5. The summed E-state index contributed by atoms with van der Waals surface area (Å²) in [4.78, 5) is 2.23. The summed E-state index contributed by atoms with van der Waals surface area (Å²) in [6.07, 6.45) is 0. The van der Waals surface area contributed by atoms with Gasteiger partial charge in [-0.3, -0.25) is 0 Å². The fourth-order valence-electron chi connectivity index (χ4n) is 8.41. The maximum atomic E-state index is 9.74. The third-order valence-electron chi connectivity index (χ3n) is 12.2. The number of hydrogen-bond acceptors (Lipinski definition) is 3. The van der Waals surface area contributed by atoms with Crippen molar-refractivity contribution in [3.05, 3.63) is 171 Å². The highest BCUT2D eigenvalue weighted by molar-refractivity contribution is 6.12. The summed E-state index contributed by atoms with van der Waals surface area (Å²) < 4.78 is 4.87. The number of rotatable bonds is 5. The number of nitrogens with zero attached hydrogens (tertiary/aromatic N) is 5. The van der Waals surface area contributed by atoms with Crippen molar-refractivity contribution >= 4 is 60.7 Å². The Morgan fingerprint density at radius 1 is 0.351 bits per heavy atom. The first-order valence-corrected chi connectivity index (χ1v) is 19.5. The summed E-state index contributed by atoms with van der Waals surface area (Å²) >= 11 is 0. The minimum absolute atomic E-state index is 0.594. The molecule has 9 rings (SSSR count). The SMILES string of the molecule is Cc1cc2c3cc(C)c(C)cc3n(-c3cc(N(c4ccc(C#N)cc4)c4ccc(C#N)cc4)cc(-n4c5cc(C)c(C)cc5c5cc(C)c(C)cc54)c3)c2cc1C. The molecule has 57 heavy (non-hydrogen) atoms. The van der Waals surface area contributed by atoms with Crippen molar-refractivity contribution in [3.63, 3.8) is 0 Å². The highest BCUT2D eigenvalue weighted by Gasteiger charge is 2.22. The fraction of sp³-hybridized carbons (Fsp3) is 0.154. The zero-order valence-corrected chi connectivity index (χ0v) is 33.7. The molecule has 0 fully saturated rings. The molecule has 0 atom stereocenters. The van der Waals surface area contributed by atoms with Gasteiger partial charge in [-0.05, 0) is 215 Å². The van der Waals surface area contributed by atoms with E-state index in [2.05, 4.69) is 148 Å². The quantitative estimate of drug-likeness (QED) is 0.177. The maximum Gasteiger partial charge on any atom is 0.0991 e. The molecule has 0 amide bonds. The zero-order chi connectivity index (χ0) is 39.9. The second kappa shape index (κ2) is 13.3. The molecule has 0 radical (unpaired) electrons. The van der Waals surface area contributed by atoms with Crippen LogP contribution in [0.5, 0.6) is 0 Å². The van der Waals surface area contributed by atoms with Crippen molar-refractivity contribution in [2.24, 2.45) is 0 Å². The molecule has 0 spiro atoms. The Hall–Kier alpha value is -7.08. The van der Waals surface area contributed by atoms with Gasteiger partial charge in [0.1, 0.15) is 0 Å². The number of benzene rings is 7. The molecule has 0 aliphatic rings. The van der Waals surface area contributed by atoms with Gasteiger partial charge < -0.3 is 14.0 Å². The lowest BCUT2D eigenvalue weighted by Gasteiger charge is -2.27. The number of fused-ring (bicyclic) bond motifs is 6. The number of hydrogen-bond donors (Lipinski definition) is 0. The average molecular weight is 738 g/mol. The van der Waals surface area contributed by atoms with E-state index in [1.54, 1.807) is 0 Å². The summed E-state index contributed by atoms with van der Waals surface area (Å²) in [6.45, 7) is 17.6. The average Bonchev–Trinajstić information content (AvgIpc) is 3.65. The van der Waals surface area contributed by atoms with Crippen LogP contribution in [0.3, 0.4) is 0 Å². The van der Waals surface area contributed by atoms with Gasteiger partial charge in [-0.15, -0.1) is 0 Å². The van der Waals surface area contributed by atoms with E-state index in [4.69, 9.17) is 0 Å². The molecule has 5 heteroatoms. The van der Waals surface area contributed by atoms with Gasteiger partial charge in [-0.1, -0.05) is 0 Å². The molecule has 5 nitrogen and oxygen atoms in total. The number of nitriles is 2. The van der Waals surface area contributed by atoms with Gasteiger partial charge >= 0.3 is 0 Å². The van der Waals surface area contributed by atoms with Crippen molar-refractivity contribution in [2.75, 3.05) is 4.90 Å². The fourth-order valence-corrected chi connectivity index (χ4v) is 8.41. The molecule has 276 valence electrons. The van der Waals surface area contributed by atoms with Crippen molar-refractivity contribution in [2.45, 2.75) is 55.4 Å². The topological polar surface area (TPSA) is 60.7 Å². The van der Waals surface area contributed by atoms with Crippen molar-refractivity contribution < 1.29 is 0 Å². The number of anilines is 3. The molecule has 0 unspecified atom stereocenters. The van der Waals surface area contributed by atoms with Crippen LogP contribution < -0.4 is 4.90 Å². The molecular weight excluding hydrogens is 695 g/mol. The van der Waals surface area contributed by atoms with Crippen LogP contribution in [0, 0.1) is 78.1 Å². The van der Waals surface area contributed by atoms with Crippen LogP contribution in [0.15, 0.2) is 115 Å². The molecule has 0 saturated carbocycles. The molecule has 9 aromatic rings. The second-order valence-corrected chi connectivity index (χ2v) is 15.8. The standard InChI is InChI=1S/C52H43N5/c1-30-17-45-46-18-31(2)35(6)22-50(46)56(49(45)21-34(30)5)43-25-42(55(40-13-9-38(28-53)10-14-40)41-15-11-39(29-54)12-16-41)26-44(27-43)57-51-23-36(7)32(3)19-47(51)48-20-33(4)37(8)24-52(48)57/h9-27H,1-8H3. The molecule has 0 bridgehead atoms. The van der Waals surface area contributed by atoms with E-state index >= 15 is 0 Å². The van der Waals surface area contributed by atoms with Crippen molar-refractivity contribution in [1.29, 1.82) is 10.5 Å². The minimum Gasteiger partial charge on any atom is -0.310 e. The van der Waals surface area contributed by atoms with Gasteiger partial charge in [0.15, 0.2) is 0 Å². The summed E-state index contributed by atoms with van der Waals surface area (Å²) in [5.74, 6) is 0. The molecule has 2 aromatic heterocycles. The number of aromatic nitrogens is 2. The summed E-state index contributed by atoms with van der Waals surface area (Å²) in [5, 5.41) is 24.4. The van der Waals surface area contributed by atoms with Gasteiger partial charge in [-0.25, -0.2) is 0 Å². The summed E-state index contributed by atoms with van der Waals surface area (Å²) in [6, 6.07) is 45.6. The van der Waals surface area contributed by atoms with Crippen molar-refractivity contribution in [1.82, 2.24) is 9.13 Å². The molecule has 0 aliphatic heterocycles. The van der Waals surface area contributed by atoms with Crippen molar-refractivity contribution in [3.8, 4) is 23.5 Å². The summed E-state index contributed by atoms with van der Waals surface area (Å²) in [7, 11) is 0. The smallest absolute Gasteiger partial charge is 0.0991 e. The second-order valence-electron chi connectivity index (χ2n) is 15.8. The van der Waals surface area contributed by atoms with E-state index in [9.17, 15) is 10.5 Å².